The van der Waals surface area contributed by atoms with Crippen molar-refractivity contribution in [2.75, 3.05) is 0 Å². The Labute approximate surface area is 85.8 Å². The van der Waals surface area contributed by atoms with Gasteiger partial charge in [0, 0.05) is 17.8 Å². The predicted molar refractivity (Wildman–Crippen MR) is 49.3 cm³/mol. The minimum absolute atomic E-state index is 0.271. The average molecular weight is 219 g/mol. The predicted octanol–water partition coefficient (Wildman–Crippen LogP) is 2.58. The van der Waals surface area contributed by atoms with Gasteiger partial charge in [-0.1, -0.05) is 6.92 Å². The summed E-state index contributed by atoms with van der Waals surface area (Å²) in [5.74, 6) is -0.271. The Hall–Kier alpha value is -1.10. The fourth-order valence-corrected chi connectivity index (χ4v) is 1.09. The zero-order valence-electron chi connectivity index (χ0n) is 8.42. The molecule has 0 spiro atoms. The van der Waals surface area contributed by atoms with E-state index in [4.69, 9.17) is 0 Å². The maximum atomic E-state index is 12.2. The lowest BCUT2D eigenvalue weighted by Crippen LogP contribution is -2.13. The number of pyridine rings is 1. The first kappa shape index (κ1) is 12.0. The third kappa shape index (κ3) is 2.92. The Morgan fingerprint density at radius 3 is 2.20 bits per heavy atom. The highest BCUT2D eigenvalue weighted by Gasteiger charge is 2.30. The van der Waals surface area contributed by atoms with Gasteiger partial charge in [-0.25, -0.2) is 0 Å². The maximum Gasteiger partial charge on any atom is 0.417 e. The number of aliphatic hydroxyl groups excluding tert-OH is 1. The summed E-state index contributed by atoms with van der Waals surface area (Å²) in [4.78, 5) is 3.69. The molecule has 84 valence electrons. The van der Waals surface area contributed by atoms with Crippen LogP contribution < -0.4 is 0 Å². The van der Waals surface area contributed by atoms with Crippen LogP contribution in [0, 0.1) is 0 Å². The van der Waals surface area contributed by atoms with Crippen LogP contribution in [0.1, 0.15) is 31.0 Å². The molecule has 5 heteroatoms. The molecule has 0 aliphatic rings. The van der Waals surface area contributed by atoms with Crippen LogP contribution in [0.4, 0.5) is 13.2 Å². The number of nitrogens with zero attached hydrogens (tertiary/aromatic N) is 1. The topological polar surface area (TPSA) is 33.1 Å². The first-order valence-electron chi connectivity index (χ1n) is 4.53. The van der Waals surface area contributed by atoms with Crippen molar-refractivity contribution in [3.05, 3.63) is 29.6 Å². The summed E-state index contributed by atoms with van der Waals surface area (Å²) < 4.78 is 36.6. The Balaban J connectivity index is 2.91. The van der Waals surface area contributed by atoms with Crippen LogP contribution in [-0.4, -0.2) is 16.2 Å². The first-order valence-corrected chi connectivity index (χ1v) is 4.53. The molecule has 0 aromatic carbocycles. The number of hydrogen-bond donors (Lipinski definition) is 1. The van der Waals surface area contributed by atoms with Gasteiger partial charge in [0.05, 0.1) is 11.7 Å². The van der Waals surface area contributed by atoms with E-state index in [2.05, 4.69) is 4.98 Å². The van der Waals surface area contributed by atoms with Crippen molar-refractivity contribution in [3.63, 3.8) is 0 Å². The number of halogens is 3. The molecule has 0 bridgehead atoms. The Kier molecular flexibility index (Phi) is 3.34. The lowest BCUT2D eigenvalue weighted by molar-refractivity contribution is -0.137. The normalized spacial score (nSPS) is 16.1. The number of alkyl halides is 3. The molecular formula is C10H12F3NO. The second-order valence-corrected chi connectivity index (χ2v) is 3.50. The Morgan fingerprint density at radius 2 is 1.87 bits per heavy atom. The molecule has 2 atom stereocenters. The van der Waals surface area contributed by atoms with Crippen molar-refractivity contribution in [3.8, 4) is 0 Å². The number of hydrogen-bond acceptors (Lipinski definition) is 2. The van der Waals surface area contributed by atoms with E-state index < -0.39 is 17.8 Å². The van der Waals surface area contributed by atoms with E-state index >= 15 is 0 Å². The molecule has 15 heavy (non-hydrogen) atoms. The van der Waals surface area contributed by atoms with Gasteiger partial charge in [-0.3, -0.25) is 4.98 Å². The number of aliphatic hydroxyl groups is 1. The van der Waals surface area contributed by atoms with Crippen LogP contribution in [-0.2, 0) is 6.18 Å². The zero-order valence-corrected chi connectivity index (χ0v) is 8.42. The molecule has 0 saturated heterocycles. The van der Waals surface area contributed by atoms with Crippen LogP contribution in [0.25, 0.3) is 0 Å². The van der Waals surface area contributed by atoms with E-state index in [9.17, 15) is 18.3 Å². The summed E-state index contributed by atoms with van der Waals surface area (Å²) in [6, 6.07) is 2.27. The molecule has 1 rings (SSSR count). The molecule has 0 amide bonds. The summed E-state index contributed by atoms with van der Waals surface area (Å²) >= 11 is 0. The van der Waals surface area contributed by atoms with Crippen molar-refractivity contribution >= 4 is 0 Å². The van der Waals surface area contributed by atoms with Gasteiger partial charge in [0.15, 0.2) is 0 Å². The highest BCUT2D eigenvalue weighted by Crippen LogP contribution is 2.29. The fourth-order valence-electron chi connectivity index (χ4n) is 1.09. The zero-order chi connectivity index (χ0) is 11.6. The second kappa shape index (κ2) is 4.18. The molecule has 0 radical (unpaired) electrons. The second-order valence-electron chi connectivity index (χ2n) is 3.50. The van der Waals surface area contributed by atoms with Gasteiger partial charge in [0.2, 0.25) is 0 Å². The fraction of sp³-hybridized carbons (Fsp3) is 0.500. The van der Waals surface area contributed by atoms with E-state index in [1.807, 2.05) is 0 Å². The van der Waals surface area contributed by atoms with Crippen LogP contribution in [0.15, 0.2) is 18.3 Å². The quantitative estimate of drug-likeness (QED) is 0.829. The van der Waals surface area contributed by atoms with Crippen molar-refractivity contribution in [1.82, 2.24) is 4.98 Å². The molecule has 1 heterocycles. The van der Waals surface area contributed by atoms with E-state index in [-0.39, 0.29) is 5.92 Å². The first-order chi connectivity index (χ1) is 6.82. The summed E-state index contributed by atoms with van der Waals surface area (Å²) in [6.45, 7) is 3.28. The van der Waals surface area contributed by atoms with Gasteiger partial charge in [-0.05, 0) is 19.1 Å². The summed E-state index contributed by atoms with van der Waals surface area (Å²) in [5.41, 5.74) is -0.318. The van der Waals surface area contributed by atoms with Gasteiger partial charge < -0.3 is 5.11 Å². The van der Waals surface area contributed by atoms with E-state index in [0.29, 0.717) is 5.69 Å². The van der Waals surface area contributed by atoms with E-state index in [1.54, 1.807) is 13.8 Å². The maximum absolute atomic E-state index is 12.2. The molecule has 1 aromatic heterocycles. The Morgan fingerprint density at radius 1 is 1.27 bits per heavy atom. The highest BCUT2D eigenvalue weighted by molar-refractivity contribution is 5.19. The minimum Gasteiger partial charge on any atom is -0.393 e. The highest BCUT2D eigenvalue weighted by atomic mass is 19.4. The third-order valence-electron chi connectivity index (χ3n) is 2.30. The molecule has 1 aromatic rings. The SMILES string of the molecule is CC(O)C(C)c1ccc(C(F)(F)F)cn1. The van der Waals surface area contributed by atoms with Crippen LogP contribution in [0.2, 0.25) is 0 Å². The van der Waals surface area contributed by atoms with Crippen molar-refractivity contribution in [2.24, 2.45) is 0 Å². The van der Waals surface area contributed by atoms with Crippen molar-refractivity contribution in [1.29, 1.82) is 0 Å². The average Bonchev–Trinajstić information content (AvgIpc) is 2.15. The standard InChI is InChI=1S/C10H12F3NO/c1-6(7(2)15)9-4-3-8(5-14-9)10(11,12)13/h3-7,15H,1-2H3. The largest absolute Gasteiger partial charge is 0.417 e. The van der Waals surface area contributed by atoms with Crippen LogP contribution >= 0.6 is 0 Å². The lowest BCUT2D eigenvalue weighted by Gasteiger charge is -2.14. The van der Waals surface area contributed by atoms with Gasteiger partial charge >= 0.3 is 6.18 Å². The third-order valence-corrected chi connectivity index (χ3v) is 2.30. The lowest BCUT2D eigenvalue weighted by atomic mass is 10.0. The molecule has 1 N–H and O–H groups in total. The van der Waals surface area contributed by atoms with Gasteiger partial charge in [0.1, 0.15) is 0 Å². The molecular weight excluding hydrogens is 207 g/mol. The number of rotatable bonds is 2. The Bertz CT molecular complexity index is 318. The summed E-state index contributed by atoms with van der Waals surface area (Å²) in [6.07, 6.45) is -4.21. The molecule has 2 nitrogen and oxygen atoms in total. The molecule has 0 aliphatic heterocycles. The minimum atomic E-state index is -4.36. The van der Waals surface area contributed by atoms with E-state index in [0.717, 1.165) is 12.3 Å². The van der Waals surface area contributed by atoms with Crippen molar-refractivity contribution in [2.45, 2.75) is 32.0 Å². The van der Waals surface area contributed by atoms with E-state index in [1.165, 1.54) is 6.07 Å². The summed E-state index contributed by atoms with van der Waals surface area (Å²) in [5, 5.41) is 9.24. The summed E-state index contributed by atoms with van der Waals surface area (Å²) in [7, 11) is 0. The van der Waals surface area contributed by atoms with Crippen LogP contribution in [0.5, 0.6) is 0 Å². The number of aromatic nitrogens is 1. The molecule has 2 unspecified atom stereocenters. The smallest absolute Gasteiger partial charge is 0.393 e. The van der Waals surface area contributed by atoms with Crippen molar-refractivity contribution < 1.29 is 18.3 Å². The molecule has 0 aliphatic carbocycles. The van der Waals surface area contributed by atoms with Gasteiger partial charge in [0.25, 0.3) is 0 Å². The van der Waals surface area contributed by atoms with Gasteiger partial charge in [-0.15, -0.1) is 0 Å². The molecule has 0 fully saturated rings. The van der Waals surface area contributed by atoms with Gasteiger partial charge in [-0.2, -0.15) is 13.2 Å². The van der Waals surface area contributed by atoms with Crippen LogP contribution in [0.3, 0.4) is 0 Å². The monoisotopic (exact) mass is 219 g/mol. The molecule has 0 saturated carbocycles.